The van der Waals surface area contributed by atoms with Gasteiger partial charge in [-0.3, -0.25) is 14.4 Å². The number of hydrogen-bond donors (Lipinski definition) is 2. The summed E-state index contributed by atoms with van der Waals surface area (Å²) in [7, 11) is 0. The molecule has 2 aromatic carbocycles. The zero-order chi connectivity index (χ0) is 21.3. The van der Waals surface area contributed by atoms with Crippen LogP contribution in [0.25, 0.3) is 0 Å². The molecule has 2 N–H and O–H groups in total. The Kier molecular flexibility index (Phi) is 6.83. The van der Waals surface area contributed by atoms with Crippen LogP contribution in [0, 0.1) is 6.92 Å². The molecular weight excluding hydrogens is 388 g/mol. The van der Waals surface area contributed by atoms with Gasteiger partial charge in [0.05, 0.1) is 6.26 Å². The minimum Gasteiger partial charge on any atom is -0.459 e. The molecule has 8 nitrogen and oxygen atoms in total. The van der Waals surface area contributed by atoms with Crippen LogP contribution in [-0.4, -0.2) is 30.9 Å². The average Bonchev–Trinajstić information content (AvgIpc) is 3.29. The van der Waals surface area contributed by atoms with Crippen LogP contribution in [0.15, 0.2) is 71.3 Å². The lowest BCUT2D eigenvalue weighted by Gasteiger charge is -2.09. The molecule has 30 heavy (non-hydrogen) atoms. The van der Waals surface area contributed by atoms with Crippen LogP contribution in [0.3, 0.4) is 0 Å². The number of hydrogen-bond acceptors (Lipinski definition) is 6. The van der Waals surface area contributed by atoms with Crippen molar-refractivity contribution in [1.82, 2.24) is 5.32 Å². The van der Waals surface area contributed by atoms with Gasteiger partial charge in [-0.15, -0.1) is 0 Å². The van der Waals surface area contributed by atoms with Crippen molar-refractivity contribution < 1.29 is 28.3 Å². The highest BCUT2D eigenvalue weighted by Crippen LogP contribution is 2.23. The van der Waals surface area contributed by atoms with E-state index in [4.69, 9.17) is 13.9 Å². The molecule has 0 radical (unpaired) electrons. The number of rotatable bonds is 8. The minimum absolute atomic E-state index is 0.0790. The van der Waals surface area contributed by atoms with Gasteiger partial charge in [0, 0.05) is 5.69 Å². The van der Waals surface area contributed by atoms with Crippen LogP contribution in [0.4, 0.5) is 5.69 Å². The molecule has 3 rings (SSSR count). The van der Waals surface area contributed by atoms with Gasteiger partial charge in [-0.1, -0.05) is 17.7 Å². The molecule has 0 aliphatic carbocycles. The van der Waals surface area contributed by atoms with Crippen molar-refractivity contribution in [3.63, 3.8) is 0 Å². The molecule has 0 aliphatic heterocycles. The van der Waals surface area contributed by atoms with Crippen molar-refractivity contribution in [2.45, 2.75) is 6.92 Å². The number of aryl methyl sites for hydroxylation is 1. The Labute approximate surface area is 172 Å². The maximum atomic E-state index is 11.9. The average molecular weight is 408 g/mol. The van der Waals surface area contributed by atoms with Crippen LogP contribution in [-0.2, 0) is 14.3 Å². The van der Waals surface area contributed by atoms with Gasteiger partial charge in [0.2, 0.25) is 0 Å². The van der Waals surface area contributed by atoms with E-state index in [0.717, 1.165) is 5.56 Å². The van der Waals surface area contributed by atoms with Gasteiger partial charge in [0.25, 0.3) is 11.8 Å². The number of carbonyl (C=O) groups excluding carboxylic acids is 3. The van der Waals surface area contributed by atoms with Crippen LogP contribution in [0.5, 0.6) is 11.5 Å². The van der Waals surface area contributed by atoms with Crippen LogP contribution < -0.4 is 15.4 Å². The summed E-state index contributed by atoms with van der Waals surface area (Å²) in [5.74, 6) is -0.386. The highest BCUT2D eigenvalue weighted by atomic mass is 16.5. The fourth-order valence-electron chi connectivity index (χ4n) is 2.39. The Balaban J connectivity index is 1.39. The number of nitrogens with one attached hydrogen (secondary N) is 2. The van der Waals surface area contributed by atoms with Gasteiger partial charge in [0.15, 0.2) is 12.4 Å². The molecule has 0 spiro atoms. The van der Waals surface area contributed by atoms with Crippen LogP contribution >= 0.6 is 0 Å². The first-order valence-electron chi connectivity index (χ1n) is 9.11. The predicted molar refractivity (Wildman–Crippen MR) is 108 cm³/mol. The molecule has 3 aromatic rings. The molecule has 1 heterocycles. The van der Waals surface area contributed by atoms with E-state index in [2.05, 4.69) is 10.6 Å². The largest absolute Gasteiger partial charge is 0.459 e. The molecule has 1 aromatic heterocycles. The van der Waals surface area contributed by atoms with Crippen molar-refractivity contribution in [2.75, 3.05) is 18.5 Å². The molecule has 0 fully saturated rings. The number of amides is 2. The second-order valence-electron chi connectivity index (χ2n) is 6.31. The Morgan fingerprint density at radius 2 is 1.60 bits per heavy atom. The van der Waals surface area contributed by atoms with Crippen molar-refractivity contribution in [3.05, 3.63) is 78.3 Å². The second-order valence-corrected chi connectivity index (χ2v) is 6.31. The number of furan rings is 1. The summed E-state index contributed by atoms with van der Waals surface area (Å²) in [4.78, 5) is 35.2. The molecule has 8 heteroatoms. The first-order valence-corrected chi connectivity index (χ1v) is 9.11. The van der Waals surface area contributed by atoms with Crippen molar-refractivity contribution >= 4 is 23.5 Å². The van der Waals surface area contributed by atoms with E-state index in [1.54, 1.807) is 30.3 Å². The molecule has 0 unspecified atom stereocenters. The predicted octanol–water partition coefficient (Wildman–Crippen LogP) is 3.29. The lowest BCUT2D eigenvalue weighted by Crippen LogP contribution is -2.32. The zero-order valence-corrected chi connectivity index (χ0v) is 16.2. The lowest BCUT2D eigenvalue weighted by molar-refractivity contribution is -0.146. The fraction of sp³-hybridized carbons (Fsp3) is 0.136. The van der Waals surface area contributed by atoms with Gasteiger partial charge in [-0.2, -0.15) is 0 Å². The Morgan fingerprint density at radius 1 is 0.933 bits per heavy atom. The highest BCUT2D eigenvalue weighted by molar-refractivity contribution is 5.95. The number of esters is 1. The van der Waals surface area contributed by atoms with Crippen molar-refractivity contribution in [1.29, 1.82) is 0 Å². The summed E-state index contributed by atoms with van der Waals surface area (Å²) in [6, 6.07) is 17.4. The van der Waals surface area contributed by atoms with E-state index in [1.807, 2.05) is 31.2 Å². The summed E-state index contributed by atoms with van der Waals surface area (Å²) < 4.78 is 15.5. The van der Waals surface area contributed by atoms with E-state index < -0.39 is 24.4 Å². The maximum Gasteiger partial charge on any atom is 0.325 e. The van der Waals surface area contributed by atoms with Gasteiger partial charge in [0.1, 0.15) is 18.0 Å². The number of ether oxygens (including phenoxy) is 2. The summed E-state index contributed by atoms with van der Waals surface area (Å²) in [5, 5.41) is 4.94. The SMILES string of the molecule is Cc1ccc(Oc2ccc(NC(=O)COC(=O)CNC(=O)c3ccco3)cc2)cc1. The number of anilines is 1. The first-order chi connectivity index (χ1) is 14.5. The maximum absolute atomic E-state index is 11.9. The van der Waals surface area contributed by atoms with Crippen LogP contribution in [0.1, 0.15) is 16.1 Å². The number of benzene rings is 2. The summed E-state index contributed by atoms with van der Waals surface area (Å²) in [5.41, 5.74) is 1.67. The highest BCUT2D eigenvalue weighted by Gasteiger charge is 2.12. The Morgan fingerprint density at radius 3 is 2.23 bits per heavy atom. The van der Waals surface area contributed by atoms with Gasteiger partial charge < -0.3 is 24.5 Å². The Hall–Kier alpha value is -4.07. The summed E-state index contributed by atoms with van der Waals surface area (Å²) in [6.45, 7) is 1.14. The smallest absolute Gasteiger partial charge is 0.325 e. The minimum atomic E-state index is -0.744. The quantitative estimate of drug-likeness (QED) is 0.554. The lowest BCUT2D eigenvalue weighted by atomic mass is 10.2. The second kappa shape index (κ2) is 9.92. The third kappa shape index (κ3) is 6.23. The number of carbonyl (C=O) groups is 3. The molecule has 0 bridgehead atoms. The van der Waals surface area contributed by atoms with E-state index in [-0.39, 0.29) is 12.3 Å². The molecule has 0 saturated carbocycles. The van der Waals surface area contributed by atoms with Crippen molar-refractivity contribution in [2.24, 2.45) is 0 Å². The topological polar surface area (TPSA) is 107 Å². The van der Waals surface area contributed by atoms with E-state index >= 15 is 0 Å². The molecular formula is C22H20N2O6. The van der Waals surface area contributed by atoms with E-state index in [1.165, 1.54) is 12.3 Å². The molecule has 0 atom stereocenters. The summed E-state index contributed by atoms with van der Waals surface area (Å²) >= 11 is 0. The molecule has 2 amide bonds. The van der Waals surface area contributed by atoms with Gasteiger partial charge in [-0.25, -0.2) is 0 Å². The van der Waals surface area contributed by atoms with Crippen molar-refractivity contribution in [3.8, 4) is 11.5 Å². The third-order valence-electron chi connectivity index (χ3n) is 3.90. The standard InChI is InChI=1S/C22H20N2O6/c1-15-4-8-17(9-5-15)30-18-10-6-16(7-11-18)24-20(25)14-29-21(26)13-23-22(27)19-3-2-12-28-19/h2-12H,13-14H2,1H3,(H,23,27)(H,24,25). The summed E-state index contributed by atoms with van der Waals surface area (Å²) in [6.07, 6.45) is 1.35. The van der Waals surface area contributed by atoms with Gasteiger partial charge in [-0.05, 0) is 55.5 Å². The monoisotopic (exact) mass is 408 g/mol. The Bertz CT molecular complexity index is 995. The van der Waals surface area contributed by atoms with E-state index in [9.17, 15) is 14.4 Å². The first kappa shape index (κ1) is 20.7. The van der Waals surface area contributed by atoms with Gasteiger partial charge >= 0.3 is 5.97 Å². The molecule has 0 saturated heterocycles. The third-order valence-corrected chi connectivity index (χ3v) is 3.90. The molecule has 0 aliphatic rings. The fourth-order valence-corrected chi connectivity index (χ4v) is 2.39. The normalized spacial score (nSPS) is 10.2. The zero-order valence-electron chi connectivity index (χ0n) is 16.2. The molecule has 154 valence electrons. The van der Waals surface area contributed by atoms with Crippen LogP contribution in [0.2, 0.25) is 0 Å². The van der Waals surface area contributed by atoms with E-state index in [0.29, 0.717) is 17.2 Å².